The lowest BCUT2D eigenvalue weighted by Crippen LogP contribution is -2.05. The largest absolute Gasteiger partial charge is 0.309 e. The van der Waals surface area contributed by atoms with Gasteiger partial charge in [0.2, 0.25) is 5.95 Å². The molecular weight excluding hydrogens is 623 g/mol. The van der Waals surface area contributed by atoms with Gasteiger partial charge in [0.1, 0.15) is 11.2 Å². The van der Waals surface area contributed by atoms with E-state index in [2.05, 4.69) is 190 Å². The zero-order valence-electron chi connectivity index (χ0n) is 27.5. The molecule has 0 fully saturated rings. The molecule has 0 aliphatic heterocycles. The van der Waals surface area contributed by atoms with Crippen molar-refractivity contribution in [2.45, 2.75) is 0 Å². The van der Waals surface area contributed by atoms with Gasteiger partial charge in [-0.3, -0.25) is 4.57 Å². The zero-order chi connectivity index (χ0) is 33.5. The van der Waals surface area contributed by atoms with Gasteiger partial charge >= 0.3 is 0 Å². The molecule has 11 rings (SSSR count). The molecular formula is C46H29N5. The molecule has 11 aromatic rings. The molecule has 4 aromatic heterocycles. The summed E-state index contributed by atoms with van der Waals surface area (Å²) < 4.78 is 6.91. The first-order chi connectivity index (χ1) is 25.3. The second-order valence-electron chi connectivity index (χ2n) is 13.0. The van der Waals surface area contributed by atoms with Crippen molar-refractivity contribution in [1.29, 1.82) is 0 Å². The summed E-state index contributed by atoms with van der Waals surface area (Å²) in [6, 6.07) is 62.3. The molecule has 0 bridgehead atoms. The van der Waals surface area contributed by atoms with Crippen LogP contribution in [-0.4, -0.2) is 23.7 Å². The fourth-order valence-electron chi connectivity index (χ4n) is 8.09. The van der Waals surface area contributed by atoms with E-state index in [-0.39, 0.29) is 0 Å². The minimum atomic E-state index is 0.651. The summed E-state index contributed by atoms with van der Waals surface area (Å²) in [6.45, 7) is 0. The van der Waals surface area contributed by atoms with Gasteiger partial charge in [0, 0.05) is 43.9 Å². The Kier molecular flexibility index (Phi) is 5.89. The molecule has 0 aliphatic rings. The van der Waals surface area contributed by atoms with Crippen molar-refractivity contribution in [2.24, 2.45) is 0 Å². The molecule has 0 atom stereocenters. The van der Waals surface area contributed by atoms with Crippen molar-refractivity contribution in [3.8, 4) is 28.6 Å². The van der Waals surface area contributed by atoms with Crippen LogP contribution in [0, 0.1) is 0 Å². The van der Waals surface area contributed by atoms with Crippen LogP contribution in [0.3, 0.4) is 0 Å². The fraction of sp³-hybridized carbons (Fsp3) is 0. The average molecular weight is 652 g/mol. The monoisotopic (exact) mass is 651 g/mol. The minimum Gasteiger partial charge on any atom is -0.309 e. The number of rotatable bonds is 4. The van der Waals surface area contributed by atoms with Crippen molar-refractivity contribution >= 4 is 65.5 Å². The number of hydrogen-bond donors (Lipinski definition) is 0. The maximum atomic E-state index is 5.57. The molecule has 0 saturated carbocycles. The van der Waals surface area contributed by atoms with E-state index in [1.165, 1.54) is 27.1 Å². The predicted octanol–water partition coefficient (Wildman–Crippen LogP) is 11.4. The minimum absolute atomic E-state index is 0.651. The highest BCUT2D eigenvalue weighted by Gasteiger charge is 2.23. The first-order valence-corrected chi connectivity index (χ1v) is 17.3. The molecule has 51 heavy (non-hydrogen) atoms. The lowest BCUT2D eigenvalue weighted by molar-refractivity contribution is 1.01. The molecule has 5 heteroatoms. The Hall–Kier alpha value is -6.98. The summed E-state index contributed by atoms with van der Waals surface area (Å²) in [4.78, 5) is 11.0. The summed E-state index contributed by atoms with van der Waals surface area (Å²) in [5.41, 5.74) is 11.6. The molecule has 0 saturated heterocycles. The number of benzene rings is 7. The van der Waals surface area contributed by atoms with Gasteiger partial charge in [-0.15, -0.1) is 0 Å². The first kappa shape index (κ1) is 27.9. The van der Waals surface area contributed by atoms with Crippen LogP contribution in [0.4, 0.5) is 0 Å². The molecule has 238 valence electrons. The first-order valence-electron chi connectivity index (χ1n) is 17.3. The van der Waals surface area contributed by atoms with Gasteiger partial charge in [-0.2, -0.15) is 0 Å². The van der Waals surface area contributed by atoms with Gasteiger partial charge in [0.15, 0.2) is 0 Å². The van der Waals surface area contributed by atoms with Crippen molar-refractivity contribution in [2.75, 3.05) is 0 Å². The van der Waals surface area contributed by atoms with E-state index in [9.17, 15) is 0 Å². The molecule has 5 nitrogen and oxygen atoms in total. The average Bonchev–Trinajstić information content (AvgIpc) is 3.84. The highest BCUT2D eigenvalue weighted by atomic mass is 15.2. The number of para-hydroxylation sites is 6. The van der Waals surface area contributed by atoms with E-state index in [0.717, 1.165) is 61.1 Å². The van der Waals surface area contributed by atoms with E-state index in [1.54, 1.807) is 0 Å². The lowest BCUT2D eigenvalue weighted by Gasteiger charge is -2.14. The number of nitrogens with zero attached hydrogens (tertiary/aromatic N) is 5. The van der Waals surface area contributed by atoms with Gasteiger partial charge in [0.25, 0.3) is 0 Å². The molecule has 0 unspecified atom stereocenters. The van der Waals surface area contributed by atoms with E-state index in [1.807, 2.05) is 0 Å². The highest BCUT2D eigenvalue weighted by Crippen LogP contribution is 2.41. The molecule has 0 amide bonds. The molecule has 7 aromatic carbocycles. The van der Waals surface area contributed by atoms with E-state index in [0.29, 0.717) is 5.95 Å². The van der Waals surface area contributed by atoms with Crippen LogP contribution < -0.4 is 0 Å². The molecule has 4 heterocycles. The van der Waals surface area contributed by atoms with Crippen LogP contribution in [-0.2, 0) is 0 Å². The number of fused-ring (bicyclic) bond motifs is 9. The normalized spacial score (nSPS) is 11.9. The zero-order valence-corrected chi connectivity index (χ0v) is 27.5. The van der Waals surface area contributed by atoms with Crippen LogP contribution in [0.5, 0.6) is 0 Å². The smallest absolute Gasteiger partial charge is 0.235 e. The Morgan fingerprint density at radius 2 is 0.784 bits per heavy atom. The van der Waals surface area contributed by atoms with Crippen molar-refractivity contribution in [3.05, 3.63) is 176 Å². The topological polar surface area (TPSA) is 40.6 Å². The van der Waals surface area contributed by atoms with Gasteiger partial charge in [-0.25, -0.2) is 9.97 Å². The van der Waals surface area contributed by atoms with Crippen LogP contribution >= 0.6 is 0 Å². The summed E-state index contributed by atoms with van der Waals surface area (Å²) in [7, 11) is 0. The Bertz CT molecular complexity index is 3080. The quantitative estimate of drug-likeness (QED) is 0.190. The lowest BCUT2D eigenvalue weighted by atomic mass is 10.1. The SMILES string of the molecule is c1ccc(-n2c3ccccc3c3cc(-c4nc(-n5c6ccccc6c6ccccc65)nc5c6ccccc6n(-c6ccccc6)c45)ccc32)cc1. The van der Waals surface area contributed by atoms with Gasteiger partial charge in [-0.05, 0) is 60.7 Å². The molecule has 0 spiro atoms. The maximum absolute atomic E-state index is 5.57. The Labute approximate surface area is 292 Å². The van der Waals surface area contributed by atoms with E-state index in [4.69, 9.17) is 9.97 Å². The molecule has 0 radical (unpaired) electrons. The van der Waals surface area contributed by atoms with Crippen molar-refractivity contribution in [3.63, 3.8) is 0 Å². The number of hydrogen-bond acceptors (Lipinski definition) is 2. The fourth-order valence-corrected chi connectivity index (χ4v) is 8.09. The predicted molar refractivity (Wildman–Crippen MR) is 210 cm³/mol. The van der Waals surface area contributed by atoms with Gasteiger partial charge in [0.05, 0.1) is 33.1 Å². The Morgan fingerprint density at radius 3 is 1.39 bits per heavy atom. The molecule has 0 aliphatic carbocycles. The van der Waals surface area contributed by atoms with Crippen LogP contribution in [0.25, 0.3) is 94.1 Å². The van der Waals surface area contributed by atoms with Crippen LogP contribution in [0.15, 0.2) is 176 Å². The number of aromatic nitrogens is 5. The van der Waals surface area contributed by atoms with Crippen molar-refractivity contribution in [1.82, 2.24) is 23.7 Å². The second kappa shape index (κ2) is 10.8. The highest BCUT2D eigenvalue weighted by molar-refractivity contribution is 6.14. The van der Waals surface area contributed by atoms with Gasteiger partial charge in [-0.1, -0.05) is 115 Å². The summed E-state index contributed by atoms with van der Waals surface area (Å²) in [5.74, 6) is 0.651. The van der Waals surface area contributed by atoms with E-state index >= 15 is 0 Å². The summed E-state index contributed by atoms with van der Waals surface area (Å²) in [5, 5.41) is 5.83. The van der Waals surface area contributed by atoms with Crippen LogP contribution in [0.1, 0.15) is 0 Å². The Morgan fingerprint density at radius 1 is 0.333 bits per heavy atom. The van der Waals surface area contributed by atoms with Crippen LogP contribution in [0.2, 0.25) is 0 Å². The third kappa shape index (κ3) is 4.03. The maximum Gasteiger partial charge on any atom is 0.235 e. The summed E-state index contributed by atoms with van der Waals surface area (Å²) >= 11 is 0. The van der Waals surface area contributed by atoms with Crippen molar-refractivity contribution < 1.29 is 0 Å². The third-order valence-corrected chi connectivity index (χ3v) is 10.3. The third-order valence-electron chi connectivity index (χ3n) is 10.3. The Balaban J connectivity index is 1.29. The molecule has 0 N–H and O–H groups in total. The second-order valence-corrected chi connectivity index (χ2v) is 13.0. The van der Waals surface area contributed by atoms with Gasteiger partial charge < -0.3 is 9.13 Å². The summed E-state index contributed by atoms with van der Waals surface area (Å²) in [6.07, 6.45) is 0. The van der Waals surface area contributed by atoms with E-state index < -0.39 is 0 Å². The standard InChI is InChI=1S/C46H29N5/c1-3-15-31(16-4-1)49-38-23-11-9-21-35(38)37-29-30(27-28-42(37)49)43-45-44(36-22-10-14-26-41(36)50(45)32-17-5-2-6-18-32)48-46(47-43)51-39-24-12-7-19-33(39)34-20-8-13-25-40(34)51/h1-29H.